The minimum atomic E-state index is 0.0320. The van der Waals surface area contributed by atoms with Crippen molar-refractivity contribution in [2.24, 2.45) is 5.92 Å². The van der Waals surface area contributed by atoms with Crippen molar-refractivity contribution in [1.82, 2.24) is 5.32 Å². The van der Waals surface area contributed by atoms with E-state index >= 15 is 0 Å². The van der Waals surface area contributed by atoms with Crippen LogP contribution in [0.4, 0.5) is 0 Å². The molecular weight excluding hydrogens is 230 g/mol. The number of nitrogens with one attached hydrogen (secondary N) is 1. The van der Waals surface area contributed by atoms with Crippen LogP contribution in [0.15, 0.2) is 29.2 Å². The zero-order chi connectivity index (χ0) is 12.7. The van der Waals surface area contributed by atoms with Crippen molar-refractivity contribution in [2.45, 2.75) is 31.6 Å². The normalized spacial score (nSPS) is 10.6. The lowest BCUT2D eigenvalue weighted by molar-refractivity contribution is 0.0946. The molecule has 1 aromatic carbocycles. The highest BCUT2D eigenvalue weighted by Gasteiger charge is 2.08. The average molecular weight is 251 g/mol. The molecule has 0 saturated heterocycles. The second-order valence-electron chi connectivity index (χ2n) is 4.12. The number of benzene rings is 1. The summed E-state index contributed by atoms with van der Waals surface area (Å²) in [5.41, 5.74) is 0.744. The zero-order valence-electron chi connectivity index (χ0n) is 10.8. The Labute approximate surface area is 108 Å². The van der Waals surface area contributed by atoms with Crippen LogP contribution in [-0.4, -0.2) is 18.7 Å². The molecule has 0 heterocycles. The van der Waals surface area contributed by atoms with E-state index in [4.69, 9.17) is 0 Å². The SMILES string of the molecule is CCC(CC)CNC(=O)c1ccc(SC)cc1. The van der Waals surface area contributed by atoms with Gasteiger partial charge in [-0.1, -0.05) is 26.7 Å². The Bertz CT molecular complexity index is 344. The molecule has 17 heavy (non-hydrogen) atoms. The van der Waals surface area contributed by atoms with Crippen LogP contribution in [0.25, 0.3) is 0 Å². The largest absolute Gasteiger partial charge is 0.352 e. The van der Waals surface area contributed by atoms with Crippen molar-refractivity contribution in [3.63, 3.8) is 0 Å². The quantitative estimate of drug-likeness (QED) is 0.783. The fourth-order valence-corrected chi connectivity index (χ4v) is 2.07. The van der Waals surface area contributed by atoms with Crippen LogP contribution >= 0.6 is 11.8 Å². The Morgan fingerprint density at radius 3 is 2.29 bits per heavy atom. The summed E-state index contributed by atoms with van der Waals surface area (Å²) in [5.74, 6) is 0.619. The van der Waals surface area contributed by atoms with Crippen LogP contribution in [0.3, 0.4) is 0 Å². The summed E-state index contributed by atoms with van der Waals surface area (Å²) in [7, 11) is 0. The van der Waals surface area contributed by atoms with Crippen LogP contribution in [0, 0.1) is 5.92 Å². The predicted molar refractivity (Wildman–Crippen MR) is 74.6 cm³/mol. The standard InChI is InChI=1S/C14H21NOS/c1-4-11(5-2)10-15-14(16)12-6-8-13(17-3)9-7-12/h6-9,11H,4-5,10H2,1-3H3,(H,15,16). The van der Waals surface area contributed by atoms with Gasteiger partial charge in [-0.25, -0.2) is 0 Å². The van der Waals surface area contributed by atoms with E-state index in [0.717, 1.165) is 24.9 Å². The van der Waals surface area contributed by atoms with Crippen molar-refractivity contribution in [3.8, 4) is 0 Å². The smallest absolute Gasteiger partial charge is 0.251 e. The minimum absolute atomic E-state index is 0.0320. The molecule has 1 rings (SSSR count). The van der Waals surface area contributed by atoms with Gasteiger partial charge in [0.15, 0.2) is 0 Å². The van der Waals surface area contributed by atoms with Crippen LogP contribution in [-0.2, 0) is 0 Å². The first-order chi connectivity index (χ1) is 8.21. The monoisotopic (exact) mass is 251 g/mol. The second kappa shape index (κ2) is 7.38. The van der Waals surface area contributed by atoms with Gasteiger partial charge in [0.2, 0.25) is 0 Å². The number of thioether (sulfide) groups is 1. The van der Waals surface area contributed by atoms with Gasteiger partial charge in [0.25, 0.3) is 5.91 Å². The van der Waals surface area contributed by atoms with E-state index in [0.29, 0.717) is 5.92 Å². The summed E-state index contributed by atoms with van der Waals surface area (Å²) >= 11 is 1.68. The first-order valence-electron chi connectivity index (χ1n) is 6.13. The maximum Gasteiger partial charge on any atom is 0.251 e. The third-order valence-corrected chi connectivity index (χ3v) is 3.80. The van der Waals surface area contributed by atoms with E-state index in [1.165, 1.54) is 4.90 Å². The van der Waals surface area contributed by atoms with Crippen LogP contribution in [0.5, 0.6) is 0 Å². The molecule has 2 nitrogen and oxygen atoms in total. The number of hydrogen-bond acceptors (Lipinski definition) is 2. The van der Waals surface area contributed by atoms with Crippen LogP contribution < -0.4 is 5.32 Å². The second-order valence-corrected chi connectivity index (χ2v) is 5.00. The lowest BCUT2D eigenvalue weighted by atomic mass is 10.0. The molecular formula is C14H21NOS. The molecule has 1 aromatic rings. The number of rotatable bonds is 6. The Balaban J connectivity index is 2.51. The van der Waals surface area contributed by atoms with E-state index in [1.807, 2.05) is 30.5 Å². The molecule has 0 radical (unpaired) electrons. The Morgan fingerprint density at radius 1 is 1.24 bits per heavy atom. The number of carbonyl (C=O) groups is 1. The van der Waals surface area contributed by atoms with Gasteiger partial charge in [0, 0.05) is 17.0 Å². The molecule has 0 fully saturated rings. The molecule has 1 N–H and O–H groups in total. The van der Waals surface area contributed by atoms with Gasteiger partial charge in [-0.05, 0) is 36.4 Å². The highest BCUT2D eigenvalue weighted by Crippen LogP contribution is 2.15. The van der Waals surface area contributed by atoms with Gasteiger partial charge >= 0.3 is 0 Å². The first kappa shape index (κ1) is 14.1. The van der Waals surface area contributed by atoms with Gasteiger partial charge in [-0.2, -0.15) is 0 Å². The summed E-state index contributed by atoms with van der Waals surface area (Å²) < 4.78 is 0. The summed E-state index contributed by atoms with van der Waals surface area (Å²) in [6.45, 7) is 5.09. The minimum Gasteiger partial charge on any atom is -0.352 e. The number of amides is 1. The molecule has 0 spiro atoms. The van der Waals surface area contributed by atoms with Crippen LogP contribution in [0.1, 0.15) is 37.0 Å². The summed E-state index contributed by atoms with van der Waals surface area (Å²) in [4.78, 5) is 13.0. The highest BCUT2D eigenvalue weighted by atomic mass is 32.2. The van der Waals surface area contributed by atoms with Gasteiger partial charge in [0.1, 0.15) is 0 Å². The van der Waals surface area contributed by atoms with Gasteiger partial charge in [-0.15, -0.1) is 11.8 Å². The molecule has 0 unspecified atom stereocenters. The predicted octanol–water partition coefficient (Wildman–Crippen LogP) is 3.57. The van der Waals surface area contributed by atoms with E-state index < -0.39 is 0 Å². The van der Waals surface area contributed by atoms with Crippen molar-refractivity contribution < 1.29 is 4.79 Å². The van der Waals surface area contributed by atoms with E-state index in [2.05, 4.69) is 19.2 Å². The van der Waals surface area contributed by atoms with Gasteiger partial charge in [-0.3, -0.25) is 4.79 Å². The summed E-state index contributed by atoms with van der Waals surface area (Å²) in [6, 6.07) is 7.73. The topological polar surface area (TPSA) is 29.1 Å². The first-order valence-corrected chi connectivity index (χ1v) is 7.36. The molecule has 0 bridgehead atoms. The van der Waals surface area contributed by atoms with Crippen LogP contribution in [0.2, 0.25) is 0 Å². The lowest BCUT2D eigenvalue weighted by Crippen LogP contribution is -2.28. The van der Waals surface area contributed by atoms with Gasteiger partial charge in [0.05, 0.1) is 0 Å². The molecule has 0 atom stereocenters. The number of carbonyl (C=O) groups excluding carboxylic acids is 1. The fourth-order valence-electron chi connectivity index (χ4n) is 1.66. The molecule has 0 aromatic heterocycles. The Kier molecular flexibility index (Phi) is 6.12. The Morgan fingerprint density at radius 2 is 1.82 bits per heavy atom. The molecule has 1 amide bonds. The fraction of sp³-hybridized carbons (Fsp3) is 0.500. The zero-order valence-corrected chi connectivity index (χ0v) is 11.6. The van der Waals surface area contributed by atoms with Crippen molar-refractivity contribution >= 4 is 17.7 Å². The van der Waals surface area contributed by atoms with E-state index in [-0.39, 0.29) is 5.91 Å². The summed E-state index contributed by atoms with van der Waals surface area (Å²) in [5, 5.41) is 2.99. The maximum absolute atomic E-state index is 11.9. The molecule has 0 aliphatic rings. The third-order valence-electron chi connectivity index (χ3n) is 3.06. The van der Waals surface area contributed by atoms with E-state index in [1.54, 1.807) is 11.8 Å². The van der Waals surface area contributed by atoms with E-state index in [9.17, 15) is 4.79 Å². The third kappa shape index (κ3) is 4.43. The molecule has 0 saturated carbocycles. The Hall–Kier alpha value is -0.960. The lowest BCUT2D eigenvalue weighted by Gasteiger charge is -2.13. The van der Waals surface area contributed by atoms with Crippen molar-refractivity contribution in [2.75, 3.05) is 12.8 Å². The number of hydrogen-bond donors (Lipinski definition) is 1. The van der Waals surface area contributed by atoms with Gasteiger partial charge < -0.3 is 5.32 Å². The van der Waals surface area contributed by atoms with Crippen molar-refractivity contribution in [3.05, 3.63) is 29.8 Å². The maximum atomic E-state index is 11.9. The highest BCUT2D eigenvalue weighted by molar-refractivity contribution is 7.98. The van der Waals surface area contributed by atoms with Crippen molar-refractivity contribution in [1.29, 1.82) is 0 Å². The summed E-state index contributed by atoms with van der Waals surface area (Å²) in [6.07, 6.45) is 4.26. The molecule has 0 aliphatic heterocycles. The average Bonchev–Trinajstić information content (AvgIpc) is 2.39. The molecule has 94 valence electrons. The molecule has 0 aliphatic carbocycles. The molecule has 3 heteroatoms.